The van der Waals surface area contributed by atoms with Gasteiger partial charge in [0.15, 0.2) is 0 Å². The minimum absolute atomic E-state index is 0.134. The van der Waals surface area contributed by atoms with E-state index in [0.29, 0.717) is 25.1 Å². The Bertz CT molecular complexity index is 182. The fourth-order valence-electron chi connectivity index (χ4n) is 2.05. The van der Waals surface area contributed by atoms with Crippen LogP contribution in [0.3, 0.4) is 0 Å². The van der Waals surface area contributed by atoms with E-state index < -0.39 is 0 Å². The SMILES string of the molecule is CCOC(=O)CN[C@@H]1CCCC[C@@H]1C. The molecule has 0 aliphatic heterocycles. The molecule has 1 fully saturated rings. The van der Waals surface area contributed by atoms with Gasteiger partial charge in [0.1, 0.15) is 0 Å². The number of ether oxygens (including phenoxy) is 1. The maximum atomic E-state index is 11.1. The van der Waals surface area contributed by atoms with Crippen LogP contribution < -0.4 is 5.32 Å². The Labute approximate surface area is 86.2 Å². The molecule has 1 N–H and O–H groups in total. The fourth-order valence-corrected chi connectivity index (χ4v) is 2.05. The maximum absolute atomic E-state index is 11.1. The van der Waals surface area contributed by atoms with E-state index in [1.807, 2.05) is 6.92 Å². The summed E-state index contributed by atoms with van der Waals surface area (Å²) < 4.78 is 4.87. The van der Waals surface area contributed by atoms with Crippen molar-refractivity contribution in [1.82, 2.24) is 5.32 Å². The molecule has 0 saturated heterocycles. The molecular weight excluding hydrogens is 178 g/mol. The number of esters is 1. The molecule has 82 valence electrons. The normalized spacial score (nSPS) is 27.3. The standard InChI is InChI=1S/C11H21NO2/c1-3-14-11(13)8-12-10-7-5-4-6-9(10)2/h9-10,12H,3-8H2,1-2H3/t9-,10+/m0/s1. The predicted molar refractivity (Wildman–Crippen MR) is 56.1 cm³/mol. The van der Waals surface area contributed by atoms with Crippen molar-refractivity contribution >= 4 is 5.97 Å². The quantitative estimate of drug-likeness (QED) is 0.701. The molecule has 0 bridgehead atoms. The third-order valence-electron chi connectivity index (χ3n) is 2.93. The molecule has 0 amide bonds. The first kappa shape index (κ1) is 11.5. The smallest absolute Gasteiger partial charge is 0.319 e. The second-order valence-electron chi connectivity index (χ2n) is 4.05. The van der Waals surface area contributed by atoms with Gasteiger partial charge in [0.25, 0.3) is 0 Å². The van der Waals surface area contributed by atoms with Gasteiger partial charge in [-0.05, 0) is 25.7 Å². The molecular formula is C11H21NO2. The molecule has 1 aliphatic rings. The minimum atomic E-state index is -0.134. The van der Waals surface area contributed by atoms with Crippen molar-refractivity contribution in [3.05, 3.63) is 0 Å². The molecule has 0 aromatic rings. The highest BCUT2D eigenvalue weighted by Crippen LogP contribution is 2.23. The number of hydrogen-bond acceptors (Lipinski definition) is 3. The molecule has 2 atom stereocenters. The average Bonchev–Trinajstić information content (AvgIpc) is 2.17. The summed E-state index contributed by atoms with van der Waals surface area (Å²) in [5.41, 5.74) is 0. The highest BCUT2D eigenvalue weighted by atomic mass is 16.5. The van der Waals surface area contributed by atoms with Crippen molar-refractivity contribution in [1.29, 1.82) is 0 Å². The van der Waals surface area contributed by atoms with Crippen LogP contribution in [0.5, 0.6) is 0 Å². The van der Waals surface area contributed by atoms with E-state index in [1.165, 1.54) is 25.7 Å². The monoisotopic (exact) mass is 199 g/mol. The predicted octanol–water partition coefficient (Wildman–Crippen LogP) is 1.72. The van der Waals surface area contributed by atoms with Gasteiger partial charge in [-0.3, -0.25) is 4.79 Å². The summed E-state index contributed by atoms with van der Waals surface area (Å²) in [6.07, 6.45) is 5.09. The van der Waals surface area contributed by atoms with E-state index in [1.54, 1.807) is 0 Å². The van der Waals surface area contributed by atoms with Crippen LogP contribution in [0.4, 0.5) is 0 Å². The first-order valence-electron chi connectivity index (χ1n) is 5.63. The van der Waals surface area contributed by atoms with Crippen LogP contribution in [0.25, 0.3) is 0 Å². The zero-order chi connectivity index (χ0) is 10.4. The van der Waals surface area contributed by atoms with Gasteiger partial charge in [-0.2, -0.15) is 0 Å². The van der Waals surface area contributed by atoms with E-state index >= 15 is 0 Å². The number of hydrogen-bond donors (Lipinski definition) is 1. The van der Waals surface area contributed by atoms with Crippen LogP contribution in [0.15, 0.2) is 0 Å². The van der Waals surface area contributed by atoms with E-state index in [4.69, 9.17) is 4.74 Å². The summed E-state index contributed by atoms with van der Waals surface area (Å²) in [4.78, 5) is 11.1. The molecule has 0 heterocycles. The van der Waals surface area contributed by atoms with Crippen molar-refractivity contribution < 1.29 is 9.53 Å². The van der Waals surface area contributed by atoms with Crippen molar-refractivity contribution in [2.75, 3.05) is 13.2 Å². The minimum Gasteiger partial charge on any atom is -0.465 e. The molecule has 3 nitrogen and oxygen atoms in total. The Hall–Kier alpha value is -0.570. The summed E-state index contributed by atoms with van der Waals surface area (Å²) in [5.74, 6) is 0.559. The fraction of sp³-hybridized carbons (Fsp3) is 0.909. The molecule has 3 heteroatoms. The van der Waals surface area contributed by atoms with Crippen LogP contribution in [-0.4, -0.2) is 25.2 Å². The van der Waals surface area contributed by atoms with Gasteiger partial charge in [-0.25, -0.2) is 0 Å². The zero-order valence-corrected chi connectivity index (χ0v) is 9.21. The molecule has 0 aromatic carbocycles. The second-order valence-corrected chi connectivity index (χ2v) is 4.05. The van der Waals surface area contributed by atoms with Crippen molar-refractivity contribution in [2.24, 2.45) is 5.92 Å². The van der Waals surface area contributed by atoms with Gasteiger partial charge in [-0.1, -0.05) is 19.8 Å². The Morgan fingerprint density at radius 1 is 1.43 bits per heavy atom. The maximum Gasteiger partial charge on any atom is 0.319 e. The lowest BCUT2D eigenvalue weighted by Crippen LogP contribution is -2.40. The molecule has 1 aliphatic carbocycles. The van der Waals surface area contributed by atoms with Crippen LogP contribution >= 0.6 is 0 Å². The van der Waals surface area contributed by atoms with E-state index in [9.17, 15) is 4.79 Å². The first-order chi connectivity index (χ1) is 6.74. The van der Waals surface area contributed by atoms with Gasteiger partial charge in [0, 0.05) is 6.04 Å². The summed E-state index contributed by atoms with van der Waals surface area (Å²) in [6, 6.07) is 0.508. The molecule has 1 rings (SSSR count). The average molecular weight is 199 g/mol. The Morgan fingerprint density at radius 2 is 2.14 bits per heavy atom. The van der Waals surface area contributed by atoms with Gasteiger partial charge < -0.3 is 10.1 Å². The number of rotatable bonds is 4. The number of nitrogens with one attached hydrogen (secondary N) is 1. The van der Waals surface area contributed by atoms with Crippen LogP contribution in [0, 0.1) is 5.92 Å². The van der Waals surface area contributed by atoms with E-state index in [2.05, 4.69) is 12.2 Å². The van der Waals surface area contributed by atoms with Crippen molar-refractivity contribution in [2.45, 2.75) is 45.6 Å². The van der Waals surface area contributed by atoms with Crippen molar-refractivity contribution in [3.63, 3.8) is 0 Å². The first-order valence-corrected chi connectivity index (χ1v) is 5.63. The number of carbonyl (C=O) groups is 1. The van der Waals surface area contributed by atoms with Gasteiger partial charge in [-0.15, -0.1) is 0 Å². The lowest BCUT2D eigenvalue weighted by molar-refractivity contribution is -0.142. The summed E-state index contributed by atoms with van der Waals surface area (Å²) in [7, 11) is 0. The Balaban J connectivity index is 2.19. The molecule has 14 heavy (non-hydrogen) atoms. The summed E-state index contributed by atoms with van der Waals surface area (Å²) >= 11 is 0. The van der Waals surface area contributed by atoms with Crippen molar-refractivity contribution in [3.8, 4) is 0 Å². The largest absolute Gasteiger partial charge is 0.465 e. The molecule has 0 radical (unpaired) electrons. The Kier molecular flexibility index (Phi) is 4.94. The second kappa shape index (κ2) is 6.02. The highest BCUT2D eigenvalue weighted by Gasteiger charge is 2.21. The van der Waals surface area contributed by atoms with E-state index in [0.717, 1.165) is 0 Å². The third kappa shape index (κ3) is 3.66. The molecule has 1 saturated carbocycles. The highest BCUT2D eigenvalue weighted by molar-refractivity contribution is 5.71. The van der Waals surface area contributed by atoms with Gasteiger partial charge >= 0.3 is 5.97 Å². The lowest BCUT2D eigenvalue weighted by Gasteiger charge is -2.29. The van der Waals surface area contributed by atoms with Crippen LogP contribution in [-0.2, 0) is 9.53 Å². The van der Waals surface area contributed by atoms with Crippen LogP contribution in [0.1, 0.15) is 39.5 Å². The van der Waals surface area contributed by atoms with Crippen LogP contribution in [0.2, 0.25) is 0 Å². The zero-order valence-electron chi connectivity index (χ0n) is 9.21. The Morgan fingerprint density at radius 3 is 2.79 bits per heavy atom. The third-order valence-corrected chi connectivity index (χ3v) is 2.93. The van der Waals surface area contributed by atoms with Gasteiger partial charge in [0.05, 0.1) is 13.2 Å². The topological polar surface area (TPSA) is 38.3 Å². The lowest BCUT2D eigenvalue weighted by atomic mass is 9.86. The van der Waals surface area contributed by atoms with E-state index in [-0.39, 0.29) is 5.97 Å². The molecule has 0 aromatic heterocycles. The summed E-state index contributed by atoms with van der Waals surface area (Å²) in [5, 5.41) is 3.28. The number of carbonyl (C=O) groups excluding carboxylic acids is 1. The molecule has 0 unspecified atom stereocenters. The molecule has 0 spiro atoms. The summed E-state index contributed by atoms with van der Waals surface area (Å²) in [6.45, 7) is 4.92. The van der Waals surface area contributed by atoms with Gasteiger partial charge in [0.2, 0.25) is 0 Å².